The first kappa shape index (κ1) is 19.6. The van der Waals surface area contributed by atoms with E-state index in [2.05, 4.69) is 10.5 Å². The van der Waals surface area contributed by atoms with Gasteiger partial charge in [-0.2, -0.15) is 23.5 Å². The number of nitriles is 1. The van der Waals surface area contributed by atoms with E-state index >= 15 is 0 Å². The Kier molecular flexibility index (Phi) is 5.32. The number of nitro groups is 1. The van der Waals surface area contributed by atoms with Crippen LogP contribution in [0.5, 0.6) is 0 Å². The summed E-state index contributed by atoms with van der Waals surface area (Å²) in [7, 11) is 0. The summed E-state index contributed by atoms with van der Waals surface area (Å²) in [5.74, 6) is 0.693. The highest BCUT2D eigenvalue weighted by Crippen LogP contribution is 2.35. The Balaban J connectivity index is 1.80. The lowest BCUT2D eigenvalue weighted by Crippen LogP contribution is -2.06. The largest absolute Gasteiger partial charge is 0.455 e. The maximum absolute atomic E-state index is 12.7. The molecule has 1 aromatic heterocycles. The van der Waals surface area contributed by atoms with Crippen molar-refractivity contribution in [1.82, 2.24) is 0 Å². The quantitative estimate of drug-likeness (QED) is 0.360. The molecule has 3 rings (SSSR count). The molecule has 0 spiro atoms. The molecule has 29 heavy (non-hydrogen) atoms. The summed E-state index contributed by atoms with van der Waals surface area (Å²) in [4.78, 5) is 10.1. The molecule has 0 radical (unpaired) electrons. The van der Waals surface area contributed by atoms with Crippen LogP contribution >= 0.6 is 0 Å². The summed E-state index contributed by atoms with van der Waals surface area (Å²) >= 11 is 0. The van der Waals surface area contributed by atoms with E-state index < -0.39 is 22.4 Å². The molecule has 0 aliphatic rings. The maximum Gasteiger partial charge on any atom is 0.416 e. The van der Waals surface area contributed by atoms with Crippen molar-refractivity contribution < 1.29 is 22.5 Å². The fourth-order valence-electron chi connectivity index (χ4n) is 2.48. The number of halogens is 3. The topological polar surface area (TPSA) is 104 Å². The third kappa shape index (κ3) is 4.41. The molecule has 0 aliphatic heterocycles. The maximum atomic E-state index is 12.7. The average Bonchev–Trinajstić information content (AvgIpc) is 3.16. The van der Waals surface area contributed by atoms with Crippen LogP contribution in [0.25, 0.3) is 11.3 Å². The van der Waals surface area contributed by atoms with E-state index in [1.807, 2.05) is 6.07 Å². The molecule has 0 amide bonds. The summed E-state index contributed by atoms with van der Waals surface area (Å²) in [6.07, 6.45) is -3.49. The van der Waals surface area contributed by atoms with Crippen molar-refractivity contribution in [2.24, 2.45) is 5.10 Å². The number of hydrogen-bond donors (Lipinski definition) is 1. The number of furan rings is 1. The highest BCUT2D eigenvalue weighted by molar-refractivity contribution is 5.79. The monoisotopic (exact) mass is 400 g/mol. The van der Waals surface area contributed by atoms with E-state index in [1.54, 1.807) is 36.4 Å². The molecule has 0 atom stereocenters. The van der Waals surface area contributed by atoms with E-state index in [1.165, 1.54) is 6.21 Å². The number of hydrogen-bond acceptors (Lipinski definition) is 6. The fraction of sp³-hybridized carbons (Fsp3) is 0.0526. The predicted molar refractivity (Wildman–Crippen MR) is 98.2 cm³/mol. The molecule has 0 saturated heterocycles. The lowest BCUT2D eigenvalue weighted by Gasteiger charge is -2.08. The molecular weight excluding hydrogens is 389 g/mol. The van der Waals surface area contributed by atoms with Gasteiger partial charge in [-0.3, -0.25) is 15.5 Å². The van der Waals surface area contributed by atoms with Crippen molar-refractivity contribution in [3.8, 4) is 17.4 Å². The minimum Gasteiger partial charge on any atom is -0.455 e. The molecule has 0 bridgehead atoms. The van der Waals surface area contributed by atoms with E-state index in [0.29, 0.717) is 29.0 Å². The van der Waals surface area contributed by atoms with E-state index in [0.717, 1.165) is 6.07 Å². The van der Waals surface area contributed by atoms with Crippen LogP contribution in [-0.2, 0) is 6.18 Å². The van der Waals surface area contributed by atoms with Gasteiger partial charge < -0.3 is 4.42 Å². The molecular formula is C19H11F3N4O3. The van der Waals surface area contributed by atoms with Gasteiger partial charge in [0.25, 0.3) is 5.69 Å². The lowest BCUT2D eigenvalue weighted by atomic mass is 10.1. The summed E-state index contributed by atoms with van der Waals surface area (Å²) in [6, 6.07) is 14.1. The van der Waals surface area contributed by atoms with Crippen LogP contribution in [0.3, 0.4) is 0 Å². The van der Waals surface area contributed by atoms with Crippen molar-refractivity contribution >= 4 is 17.6 Å². The first-order chi connectivity index (χ1) is 13.8. The Bertz CT molecular complexity index is 1130. The third-order valence-corrected chi connectivity index (χ3v) is 3.84. The Labute approximate surface area is 161 Å². The molecule has 0 fully saturated rings. The second kappa shape index (κ2) is 7.85. The molecule has 0 saturated carbocycles. The van der Waals surface area contributed by atoms with Crippen LogP contribution in [0.4, 0.5) is 24.5 Å². The molecule has 1 N–H and O–H groups in total. The number of rotatable bonds is 5. The van der Waals surface area contributed by atoms with Crippen LogP contribution in [0.15, 0.2) is 64.1 Å². The Morgan fingerprint density at radius 2 is 1.93 bits per heavy atom. The summed E-state index contributed by atoms with van der Waals surface area (Å²) in [6.45, 7) is 0. The van der Waals surface area contributed by atoms with Gasteiger partial charge in [-0.05, 0) is 36.4 Å². The Morgan fingerprint density at radius 3 is 2.62 bits per heavy atom. The van der Waals surface area contributed by atoms with Gasteiger partial charge in [0.2, 0.25) is 0 Å². The standard InChI is InChI=1S/C19H11F3N4O3/c20-19(21,22)13-5-7-16(17(9-13)26(27)28)25-24-11-14-6-8-18(29-14)15-4-2-1-3-12(15)10-23/h1-9,11,25H/b24-11-. The molecule has 0 aliphatic carbocycles. The molecule has 10 heteroatoms. The first-order valence-electron chi connectivity index (χ1n) is 8.03. The third-order valence-electron chi connectivity index (χ3n) is 3.84. The highest BCUT2D eigenvalue weighted by atomic mass is 19.4. The minimum absolute atomic E-state index is 0.208. The number of nitro benzene ring substituents is 1. The van der Waals surface area contributed by atoms with E-state index in [4.69, 9.17) is 9.68 Å². The van der Waals surface area contributed by atoms with Crippen molar-refractivity contribution in [3.05, 3.63) is 81.6 Å². The summed E-state index contributed by atoms with van der Waals surface area (Å²) in [5.41, 5.74) is 1.24. The second-order valence-corrected chi connectivity index (χ2v) is 5.72. The number of alkyl halides is 3. The normalized spacial score (nSPS) is 11.4. The second-order valence-electron chi connectivity index (χ2n) is 5.72. The van der Waals surface area contributed by atoms with Crippen molar-refractivity contribution in [2.75, 3.05) is 5.43 Å². The number of benzene rings is 2. The zero-order valence-corrected chi connectivity index (χ0v) is 14.5. The predicted octanol–water partition coefficient (Wildman–Crippen LogP) is 5.19. The lowest BCUT2D eigenvalue weighted by molar-refractivity contribution is -0.384. The van der Waals surface area contributed by atoms with E-state index in [9.17, 15) is 23.3 Å². The van der Waals surface area contributed by atoms with Gasteiger partial charge in [0.1, 0.15) is 17.2 Å². The van der Waals surface area contributed by atoms with Crippen LogP contribution in [-0.4, -0.2) is 11.1 Å². The van der Waals surface area contributed by atoms with E-state index in [-0.39, 0.29) is 11.4 Å². The van der Waals surface area contributed by atoms with Crippen LogP contribution < -0.4 is 5.43 Å². The molecule has 2 aromatic carbocycles. The zero-order chi connectivity index (χ0) is 21.0. The van der Waals surface area contributed by atoms with Gasteiger partial charge in [-0.25, -0.2) is 0 Å². The molecule has 1 heterocycles. The van der Waals surface area contributed by atoms with Crippen molar-refractivity contribution in [3.63, 3.8) is 0 Å². The Morgan fingerprint density at radius 1 is 1.17 bits per heavy atom. The Hall–Kier alpha value is -4.13. The van der Waals surface area contributed by atoms with Gasteiger partial charge in [-0.1, -0.05) is 12.1 Å². The number of anilines is 1. The molecule has 3 aromatic rings. The fourth-order valence-corrected chi connectivity index (χ4v) is 2.48. The average molecular weight is 400 g/mol. The summed E-state index contributed by atoms with van der Waals surface area (Å²) in [5, 5.41) is 24.0. The van der Waals surface area contributed by atoms with Crippen LogP contribution in [0, 0.1) is 21.4 Å². The molecule has 0 unspecified atom stereocenters. The van der Waals surface area contributed by atoms with Gasteiger partial charge >= 0.3 is 6.18 Å². The van der Waals surface area contributed by atoms with Gasteiger partial charge in [0.15, 0.2) is 0 Å². The number of hydrazone groups is 1. The van der Waals surface area contributed by atoms with Crippen molar-refractivity contribution in [2.45, 2.75) is 6.18 Å². The van der Waals surface area contributed by atoms with Crippen molar-refractivity contribution in [1.29, 1.82) is 5.26 Å². The van der Waals surface area contributed by atoms with Gasteiger partial charge in [0.05, 0.1) is 28.3 Å². The zero-order valence-electron chi connectivity index (χ0n) is 14.5. The first-order valence-corrected chi connectivity index (χ1v) is 8.03. The molecule has 146 valence electrons. The van der Waals surface area contributed by atoms with Gasteiger partial charge in [-0.15, -0.1) is 0 Å². The van der Waals surface area contributed by atoms with Gasteiger partial charge in [0, 0.05) is 11.6 Å². The highest BCUT2D eigenvalue weighted by Gasteiger charge is 2.33. The van der Waals surface area contributed by atoms with Crippen LogP contribution in [0.2, 0.25) is 0 Å². The number of nitrogens with zero attached hydrogens (tertiary/aromatic N) is 3. The number of nitrogens with one attached hydrogen (secondary N) is 1. The SMILES string of the molecule is N#Cc1ccccc1-c1ccc(/C=N\Nc2ccc(C(F)(F)F)cc2[N+](=O)[O-])o1. The molecule has 7 nitrogen and oxygen atoms in total. The minimum atomic E-state index is -4.70. The smallest absolute Gasteiger partial charge is 0.416 e. The summed E-state index contributed by atoms with van der Waals surface area (Å²) < 4.78 is 43.8. The van der Waals surface area contributed by atoms with Crippen LogP contribution in [0.1, 0.15) is 16.9 Å².